The molecular formula is C51H90NO8P. The van der Waals surface area contributed by atoms with Gasteiger partial charge in [0.2, 0.25) is 0 Å². The van der Waals surface area contributed by atoms with Gasteiger partial charge in [0.05, 0.1) is 13.2 Å². The summed E-state index contributed by atoms with van der Waals surface area (Å²) in [6, 6.07) is 0. The molecule has 0 rings (SSSR count). The first-order valence-corrected chi connectivity index (χ1v) is 25.9. The van der Waals surface area contributed by atoms with E-state index in [2.05, 4.69) is 86.8 Å². The molecule has 0 aromatic heterocycles. The standard InChI is InChI=1S/C51H90NO8P/c1-3-5-7-9-11-13-15-17-19-21-23-24-26-27-29-31-33-35-37-39-41-43-50(53)57-47-49(48-59-61(55,56)58-46-45-52)60-51(54)44-42-40-38-36-34-32-30-28-25-22-20-18-16-14-12-10-8-6-4-2/h6,8,12,14,17-20,25,28,32,34,49H,3-5,7,9-11,13,15-16,21-24,26-27,29-31,33,35-48,52H2,1-2H3,(H,55,56)/b8-6-,14-12-,19-17-,20-18-,28-25-,34-32-/t49-/m1/s1. The Hall–Kier alpha value is -2.55. The fourth-order valence-corrected chi connectivity index (χ4v) is 7.24. The zero-order valence-electron chi connectivity index (χ0n) is 38.9. The van der Waals surface area contributed by atoms with E-state index >= 15 is 0 Å². The molecule has 2 atom stereocenters. The molecule has 0 saturated carbocycles. The lowest BCUT2D eigenvalue weighted by atomic mass is 10.0. The van der Waals surface area contributed by atoms with Crippen molar-refractivity contribution in [1.82, 2.24) is 0 Å². The molecule has 0 fully saturated rings. The van der Waals surface area contributed by atoms with Gasteiger partial charge in [-0.25, -0.2) is 4.57 Å². The predicted molar refractivity (Wildman–Crippen MR) is 256 cm³/mol. The zero-order chi connectivity index (χ0) is 44.6. The van der Waals surface area contributed by atoms with Crippen LogP contribution in [0.25, 0.3) is 0 Å². The van der Waals surface area contributed by atoms with E-state index in [0.717, 1.165) is 70.6 Å². The van der Waals surface area contributed by atoms with E-state index in [4.69, 9.17) is 24.3 Å². The minimum absolute atomic E-state index is 0.0445. The number of nitrogens with two attached hydrogens (primary N) is 1. The molecule has 0 amide bonds. The van der Waals surface area contributed by atoms with Crippen LogP contribution in [0.15, 0.2) is 72.9 Å². The molecule has 0 aliphatic carbocycles. The summed E-state index contributed by atoms with van der Waals surface area (Å²) >= 11 is 0. The highest BCUT2D eigenvalue weighted by molar-refractivity contribution is 7.47. The van der Waals surface area contributed by atoms with Gasteiger partial charge in [0.25, 0.3) is 0 Å². The molecule has 0 spiro atoms. The van der Waals surface area contributed by atoms with Crippen molar-refractivity contribution in [2.24, 2.45) is 5.73 Å². The molecule has 0 aromatic carbocycles. The highest BCUT2D eigenvalue weighted by atomic mass is 31.2. The first kappa shape index (κ1) is 58.5. The van der Waals surface area contributed by atoms with Crippen LogP contribution in [0.3, 0.4) is 0 Å². The molecular weight excluding hydrogens is 786 g/mol. The Labute approximate surface area is 373 Å². The number of allylic oxidation sites excluding steroid dienone is 12. The van der Waals surface area contributed by atoms with Gasteiger partial charge in [-0.1, -0.05) is 183 Å². The largest absolute Gasteiger partial charge is 0.472 e. The minimum Gasteiger partial charge on any atom is -0.462 e. The fourth-order valence-electron chi connectivity index (χ4n) is 6.48. The summed E-state index contributed by atoms with van der Waals surface area (Å²) in [6.45, 7) is 3.58. The Morgan fingerprint density at radius 2 is 0.902 bits per heavy atom. The lowest BCUT2D eigenvalue weighted by molar-refractivity contribution is -0.161. The SMILES string of the molecule is CC/C=C\C/C=C\C/C=C\C/C=C\C/C=C\CCCCCC(=O)O[C@H](COC(=O)CCCCCCCCCCCCC/C=C\CCCCCCCC)COP(=O)(O)OCCN. The number of phosphoric acid groups is 1. The molecule has 0 aromatic rings. The van der Waals surface area contributed by atoms with Crippen molar-refractivity contribution in [3.8, 4) is 0 Å². The third kappa shape index (κ3) is 46.8. The molecule has 3 N–H and O–H groups in total. The normalized spacial score (nSPS) is 13.8. The van der Waals surface area contributed by atoms with Crippen LogP contribution in [0.4, 0.5) is 0 Å². The Kier molecular flexibility index (Phi) is 45.0. The molecule has 0 heterocycles. The van der Waals surface area contributed by atoms with E-state index < -0.39 is 32.5 Å². The maximum Gasteiger partial charge on any atom is 0.472 e. The lowest BCUT2D eigenvalue weighted by Gasteiger charge is -2.19. The molecule has 61 heavy (non-hydrogen) atoms. The van der Waals surface area contributed by atoms with Gasteiger partial charge < -0.3 is 20.1 Å². The summed E-state index contributed by atoms with van der Waals surface area (Å²) in [5, 5.41) is 0. The second-order valence-electron chi connectivity index (χ2n) is 15.9. The first-order valence-electron chi connectivity index (χ1n) is 24.4. The number of carbonyl (C=O) groups is 2. The summed E-state index contributed by atoms with van der Waals surface area (Å²) in [4.78, 5) is 35.0. The minimum atomic E-state index is -4.39. The monoisotopic (exact) mass is 876 g/mol. The van der Waals surface area contributed by atoms with Gasteiger partial charge in [0.15, 0.2) is 6.10 Å². The Bertz CT molecular complexity index is 1230. The topological polar surface area (TPSA) is 134 Å². The molecule has 9 nitrogen and oxygen atoms in total. The number of rotatable bonds is 45. The van der Waals surface area contributed by atoms with Crippen LogP contribution in [-0.2, 0) is 32.7 Å². The van der Waals surface area contributed by atoms with E-state index in [9.17, 15) is 19.0 Å². The molecule has 1 unspecified atom stereocenters. The summed E-state index contributed by atoms with van der Waals surface area (Å²) in [7, 11) is -4.39. The van der Waals surface area contributed by atoms with Gasteiger partial charge >= 0.3 is 19.8 Å². The van der Waals surface area contributed by atoms with Crippen LogP contribution < -0.4 is 5.73 Å². The third-order valence-corrected chi connectivity index (χ3v) is 11.1. The third-order valence-electron chi connectivity index (χ3n) is 10.1. The van der Waals surface area contributed by atoms with Crippen molar-refractivity contribution in [3.63, 3.8) is 0 Å². The van der Waals surface area contributed by atoms with Crippen molar-refractivity contribution >= 4 is 19.8 Å². The van der Waals surface area contributed by atoms with Crippen LogP contribution in [-0.4, -0.2) is 49.3 Å². The highest BCUT2D eigenvalue weighted by Crippen LogP contribution is 2.43. The van der Waals surface area contributed by atoms with Gasteiger partial charge in [0.1, 0.15) is 6.61 Å². The van der Waals surface area contributed by atoms with E-state index in [-0.39, 0.29) is 32.6 Å². The van der Waals surface area contributed by atoms with Crippen LogP contribution in [0.5, 0.6) is 0 Å². The second-order valence-corrected chi connectivity index (χ2v) is 17.4. The number of carbonyl (C=O) groups excluding carboxylic acids is 2. The van der Waals surface area contributed by atoms with Crippen LogP contribution in [0.2, 0.25) is 0 Å². The summed E-state index contributed by atoms with van der Waals surface area (Å²) in [6.07, 6.45) is 57.9. The summed E-state index contributed by atoms with van der Waals surface area (Å²) < 4.78 is 32.9. The van der Waals surface area contributed by atoms with Gasteiger partial charge in [-0.15, -0.1) is 0 Å². The average Bonchev–Trinajstić information content (AvgIpc) is 3.25. The van der Waals surface area contributed by atoms with Gasteiger partial charge in [-0.2, -0.15) is 0 Å². The number of phosphoric ester groups is 1. The lowest BCUT2D eigenvalue weighted by Crippen LogP contribution is -2.29. The summed E-state index contributed by atoms with van der Waals surface area (Å²) in [5.74, 6) is -0.868. The van der Waals surface area contributed by atoms with E-state index in [1.165, 1.54) is 103 Å². The molecule has 0 bridgehead atoms. The quantitative estimate of drug-likeness (QED) is 0.0265. The van der Waals surface area contributed by atoms with Crippen molar-refractivity contribution in [1.29, 1.82) is 0 Å². The molecule has 0 saturated heterocycles. The van der Waals surface area contributed by atoms with Crippen LogP contribution >= 0.6 is 7.82 Å². The van der Waals surface area contributed by atoms with E-state index in [1.807, 2.05) is 0 Å². The molecule has 10 heteroatoms. The number of hydrogen-bond acceptors (Lipinski definition) is 8. The Morgan fingerprint density at radius 1 is 0.508 bits per heavy atom. The van der Waals surface area contributed by atoms with Crippen molar-refractivity contribution < 1.29 is 37.6 Å². The van der Waals surface area contributed by atoms with Gasteiger partial charge in [-0.3, -0.25) is 18.6 Å². The van der Waals surface area contributed by atoms with Crippen molar-refractivity contribution in [2.45, 2.75) is 213 Å². The Balaban J connectivity index is 4.14. The van der Waals surface area contributed by atoms with Crippen molar-refractivity contribution in [2.75, 3.05) is 26.4 Å². The number of unbranched alkanes of at least 4 members (excludes halogenated alkanes) is 20. The number of esters is 2. The predicted octanol–water partition coefficient (Wildman–Crippen LogP) is 14.6. The molecule has 0 aliphatic heterocycles. The Morgan fingerprint density at radius 3 is 1.38 bits per heavy atom. The van der Waals surface area contributed by atoms with Crippen molar-refractivity contribution in [3.05, 3.63) is 72.9 Å². The van der Waals surface area contributed by atoms with Crippen LogP contribution in [0.1, 0.15) is 206 Å². The number of hydrogen-bond donors (Lipinski definition) is 2. The van der Waals surface area contributed by atoms with Gasteiger partial charge in [-0.05, 0) is 83.5 Å². The van der Waals surface area contributed by atoms with E-state index in [0.29, 0.717) is 6.42 Å². The molecule has 352 valence electrons. The van der Waals surface area contributed by atoms with Gasteiger partial charge in [0, 0.05) is 19.4 Å². The maximum absolute atomic E-state index is 12.6. The van der Waals surface area contributed by atoms with E-state index in [1.54, 1.807) is 0 Å². The second kappa shape index (κ2) is 46.9. The fraction of sp³-hybridized carbons (Fsp3) is 0.725. The highest BCUT2D eigenvalue weighted by Gasteiger charge is 2.26. The molecule has 0 radical (unpaired) electrons. The summed E-state index contributed by atoms with van der Waals surface area (Å²) in [5.41, 5.74) is 5.36. The zero-order valence-corrected chi connectivity index (χ0v) is 39.8. The number of ether oxygens (including phenoxy) is 2. The molecule has 0 aliphatic rings. The maximum atomic E-state index is 12.6. The first-order chi connectivity index (χ1) is 29.8. The average molecular weight is 876 g/mol. The smallest absolute Gasteiger partial charge is 0.462 e. The van der Waals surface area contributed by atoms with Crippen LogP contribution in [0, 0.1) is 0 Å².